The number of anilines is 2. The van der Waals surface area contributed by atoms with E-state index < -0.39 is 32.0 Å². The van der Waals surface area contributed by atoms with E-state index in [1.807, 2.05) is 0 Å². The molecule has 174 valence electrons. The summed E-state index contributed by atoms with van der Waals surface area (Å²) in [7, 11) is -7.37. The second-order valence-electron chi connectivity index (χ2n) is 7.35. The van der Waals surface area contributed by atoms with Gasteiger partial charge in [0.1, 0.15) is 6.04 Å². The lowest BCUT2D eigenvalue weighted by Gasteiger charge is -2.30. The third kappa shape index (κ3) is 5.47. The Kier molecular flexibility index (Phi) is 7.55. The first kappa shape index (κ1) is 24.2. The van der Waals surface area contributed by atoms with Gasteiger partial charge in [0, 0.05) is 18.8 Å². The van der Waals surface area contributed by atoms with Crippen molar-refractivity contribution in [2.75, 3.05) is 42.2 Å². The number of ether oxygens (including phenoxy) is 1. The number of nitrogens with zero attached hydrogens (tertiary/aromatic N) is 2. The summed E-state index contributed by atoms with van der Waals surface area (Å²) >= 11 is 0. The van der Waals surface area contributed by atoms with E-state index in [2.05, 4.69) is 5.32 Å². The SMILES string of the molecule is CC[C@H](C(=O)Nc1ccc(S(=O)(=O)N2CCOCC2)cc1)N(c1ccccc1)S(C)(=O)=O. The van der Waals surface area contributed by atoms with Gasteiger partial charge in [-0.15, -0.1) is 0 Å². The fourth-order valence-corrected chi connectivity index (χ4v) is 6.13. The number of hydrogen-bond donors (Lipinski definition) is 1. The quantitative estimate of drug-likeness (QED) is 0.616. The van der Waals surface area contributed by atoms with Gasteiger partial charge < -0.3 is 10.1 Å². The summed E-state index contributed by atoms with van der Waals surface area (Å²) in [5.41, 5.74) is 0.764. The fraction of sp³-hybridized carbons (Fsp3) is 0.381. The molecule has 1 saturated heterocycles. The summed E-state index contributed by atoms with van der Waals surface area (Å²) in [5, 5.41) is 2.70. The Morgan fingerprint density at radius 1 is 1.03 bits per heavy atom. The lowest BCUT2D eigenvalue weighted by atomic mass is 10.2. The summed E-state index contributed by atoms with van der Waals surface area (Å²) in [6.07, 6.45) is 1.30. The summed E-state index contributed by atoms with van der Waals surface area (Å²) in [5.74, 6) is -0.509. The molecule has 3 rings (SSSR count). The zero-order valence-electron chi connectivity index (χ0n) is 18.0. The van der Waals surface area contributed by atoms with Crippen LogP contribution in [0.5, 0.6) is 0 Å². The maximum atomic E-state index is 13.0. The minimum absolute atomic E-state index is 0.117. The van der Waals surface area contributed by atoms with E-state index in [0.29, 0.717) is 37.7 Å². The smallest absolute Gasteiger partial charge is 0.248 e. The van der Waals surface area contributed by atoms with Crippen LogP contribution in [0.1, 0.15) is 13.3 Å². The molecular weight excluding hydrogens is 454 g/mol. The normalized spacial score (nSPS) is 16.3. The van der Waals surface area contributed by atoms with Gasteiger partial charge in [-0.1, -0.05) is 25.1 Å². The lowest BCUT2D eigenvalue weighted by Crippen LogP contribution is -2.47. The van der Waals surface area contributed by atoms with Crippen LogP contribution in [-0.2, 0) is 29.6 Å². The van der Waals surface area contributed by atoms with Gasteiger partial charge in [-0.25, -0.2) is 16.8 Å². The maximum Gasteiger partial charge on any atom is 0.248 e. The second-order valence-corrected chi connectivity index (χ2v) is 11.1. The van der Waals surface area contributed by atoms with E-state index in [1.54, 1.807) is 37.3 Å². The van der Waals surface area contributed by atoms with E-state index in [4.69, 9.17) is 4.74 Å². The number of nitrogens with one attached hydrogen (secondary N) is 1. The molecule has 1 N–H and O–H groups in total. The molecule has 0 aromatic heterocycles. The first-order chi connectivity index (χ1) is 15.1. The van der Waals surface area contributed by atoms with E-state index in [1.165, 1.54) is 28.6 Å². The van der Waals surface area contributed by atoms with Gasteiger partial charge in [0.25, 0.3) is 0 Å². The maximum absolute atomic E-state index is 13.0. The molecule has 32 heavy (non-hydrogen) atoms. The Labute approximate surface area is 189 Å². The van der Waals surface area contributed by atoms with Crippen molar-refractivity contribution in [3.05, 3.63) is 54.6 Å². The van der Waals surface area contributed by atoms with Crippen molar-refractivity contribution in [3.8, 4) is 0 Å². The average molecular weight is 482 g/mol. The first-order valence-electron chi connectivity index (χ1n) is 10.2. The van der Waals surface area contributed by atoms with Crippen molar-refractivity contribution in [1.29, 1.82) is 0 Å². The Morgan fingerprint density at radius 3 is 2.16 bits per heavy atom. The molecule has 2 aromatic carbocycles. The molecule has 0 unspecified atom stereocenters. The van der Waals surface area contributed by atoms with Gasteiger partial charge in [0.15, 0.2) is 0 Å². The molecule has 1 fully saturated rings. The summed E-state index contributed by atoms with van der Waals surface area (Å²) in [4.78, 5) is 13.1. The zero-order chi connectivity index (χ0) is 23.4. The Bertz CT molecular complexity index is 1130. The average Bonchev–Trinajstić information content (AvgIpc) is 2.78. The molecule has 0 spiro atoms. The molecule has 0 bridgehead atoms. The standard InChI is InChI=1S/C21H27N3O6S2/c1-3-20(24(31(2,26)27)18-7-5-4-6-8-18)21(25)22-17-9-11-19(12-10-17)32(28,29)23-13-15-30-16-14-23/h4-12,20H,3,13-16H2,1-2H3,(H,22,25)/t20-/m1/s1. The van der Waals surface area contributed by atoms with Crippen molar-refractivity contribution in [1.82, 2.24) is 4.31 Å². The molecule has 1 aliphatic rings. The van der Waals surface area contributed by atoms with Crippen LogP contribution in [0.3, 0.4) is 0 Å². The van der Waals surface area contributed by atoms with Crippen LogP contribution in [-0.4, -0.2) is 65.6 Å². The number of para-hydroxylation sites is 1. The van der Waals surface area contributed by atoms with Crippen LogP contribution in [0.25, 0.3) is 0 Å². The van der Waals surface area contributed by atoms with Crippen molar-refractivity contribution < 1.29 is 26.4 Å². The molecule has 2 aromatic rings. The van der Waals surface area contributed by atoms with Crippen LogP contribution in [0, 0.1) is 0 Å². The first-order valence-corrected chi connectivity index (χ1v) is 13.5. The van der Waals surface area contributed by atoms with Crippen LogP contribution in [0.4, 0.5) is 11.4 Å². The number of hydrogen-bond acceptors (Lipinski definition) is 6. The Morgan fingerprint density at radius 2 is 1.62 bits per heavy atom. The van der Waals surface area contributed by atoms with Gasteiger partial charge in [-0.05, 0) is 42.8 Å². The van der Waals surface area contributed by atoms with Gasteiger partial charge in [0.05, 0.1) is 30.1 Å². The highest BCUT2D eigenvalue weighted by molar-refractivity contribution is 7.92. The van der Waals surface area contributed by atoms with Gasteiger partial charge >= 0.3 is 0 Å². The number of carbonyl (C=O) groups is 1. The third-order valence-electron chi connectivity index (χ3n) is 5.07. The molecule has 1 amide bonds. The van der Waals surface area contributed by atoms with Gasteiger partial charge in [0.2, 0.25) is 26.0 Å². The minimum Gasteiger partial charge on any atom is -0.379 e. The predicted molar refractivity (Wildman–Crippen MR) is 122 cm³/mol. The van der Waals surface area contributed by atoms with Crippen molar-refractivity contribution in [3.63, 3.8) is 0 Å². The summed E-state index contributed by atoms with van der Waals surface area (Å²) in [6, 6.07) is 13.3. The lowest BCUT2D eigenvalue weighted by molar-refractivity contribution is -0.117. The molecule has 0 saturated carbocycles. The highest BCUT2D eigenvalue weighted by Gasteiger charge is 2.31. The van der Waals surface area contributed by atoms with Crippen molar-refractivity contribution in [2.24, 2.45) is 0 Å². The number of carbonyl (C=O) groups excluding carboxylic acids is 1. The second kappa shape index (κ2) is 9.99. The molecule has 1 atom stereocenters. The largest absolute Gasteiger partial charge is 0.379 e. The number of benzene rings is 2. The van der Waals surface area contributed by atoms with E-state index in [-0.39, 0.29) is 11.3 Å². The third-order valence-corrected chi connectivity index (χ3v) is 8.16. The molecule has 0 radical (unpaired) electrons. The topological polar surface area (TPSA) is 113 Å². The molecule has 1 aliphatic heterocycles. The highest BCUT2D eigenvalue weighted by atomic mass is 32.2. The zero-order valence-corrected chi connectivity index (χ0v) is 19.6. The highest BCUT2D eigenvalue weighted by Crippen LogP contribution is 2.24. The molecule has 1 heterocycles. The number of rotatable bonds is 8. The summed E-state index contributed by atoms with van der Waals surface area (Å²) in [6.45, 7) is 3.01. The number of amides is 1. The Balaban J connectivity index is 1.79. The van der Waals surface area contributed by atoms with Gasteiger partial charge in [-0.3, -0.25) is 9.10 Å². The molecule has 11 heteroatoms. The van der Waals surface area contributed by atoms with E-state index in [0.717, 1.165) is 10.6 Å². The van der Waals surface area contributed by atoms with Crippen LogP contribution in [0.2, 0.25) is 0 Å². The Hall–Kier alpha value is -2.47. The molecule has 0 aliphatic carbocycles. The number of morpholine rings is 1. The predicted octanol–water partition coefficient (Wildman–Crippen LogP) is 1.89. The van der Waals surface area contributed by atoms with Crippen molar-refractivity contribution >= 4 is 37.3 Å². The van der Waals surface area contributed by atoms with E-state index >= 15 is 0 Å². The molecular formula is C21H27N3O6S2. The fourth-order valence-electron chi connectivity index (χ4n) is 3.51. The number of sulfonamides is 2. The van der Waals surface area contributed by atoms with Crippen LogP contribution in [0.15, 0.2) is 59.5 Å². The van der Waals surface area contributed by atoms with Gasteiger partial charge in [-0.2, -0.15) is 4.31 Å². The summed E-state index contributed by atoms with van der Waals surface area (Å²) < 4.78 is 58.1. The van der Waals surface area contributed by atoms with Crippen molar-refractivity contribution in [2.45, 2.75) is 24.3 Å². The minimum atomic E-state index is -3.73. The van der Waals surface area contributed by atoms with Crippen LogP contribution < -0.4 is 9.62 Å². The van der Waals surface area contributed by atoms with Crippen LogP contribution >= 0.6 is 0 Å². The molecule has 9 nitrogen and oxygen atoms in total. The monoisotopic (exact) mass is 481 g/mol. The van der Waals surface area contributed by atoms with E-state index in [9.17, 15) is 21.6 Å².